The molecule has 1 fully saturated rings. The molecule has 5 heteroatoms. The average Bonchev–Trinajstić information content (AvgIpc) is 2.77. The number of nitriles is 1. The molecule has 5 nitrogen and oxygen atoms in total. The lowest BCUT2D eigenvalue weighted by atomic mass is 10.1. The minimum atomic E-state index is -0.194. The summed E-state index contributed by atoms with van der Waals surface area (Å²) in [6.07, 6.45) is 1.78. The number of nitrogens with zero attached hydrogens (tertiary/aromatic N) is 4. The van der Waals surface area contributed by atoms with Crippen LogP contribution >= 0.6 is 0 Å². The highest BCUT2D eigenvalue weighted by molar-refractivity contribution is 5.14. The highest BCUT2D eigenvalue weighted by atomic mass is 15.3. The molecule has 1 aliphatic rings. The van der Waals surface area contributed by atoms with Crippen LogP contribution in [0.3, 0.4) is 0 Å². The number of hydrogen-bond donors (Lipinski definition) is 1. The minimum absolute atomic E-state index is 0.194. The number of piperazine rings is 1. The first-order valence-corrected chi connectivity index (χ1v) is 6.51. The predicted molar refractivity (Wildman–Crippen MR) is 70.0 cm³/mol. The van der Waals surface area contributed by atoms with E-state index in [-0.39, 0.29) is 6.04 Å². The second-order valence-corrected chi connectivity index (χ2v) is 5.12. The number of aryl methyl sites for hydroxylation is 1. The fourth-order valence-electron chi connectivity index (χ4n) is 2.44. The molecule has 1 aromatic heterocycles. The number of imidazole rings is 1. The molecule has 1 aliphatic heterocycles. The summed E-state index contributed by atoms with van der Waals surface area (Å²) in [5, 5.41) is 9.36. The molecule has 0 aromatic carbocycles. The molecule has 0 aliphatic carbocycles. The summed E-state index contributed by atoms with van der Waals surface area (Å²) < 4.78 is 0. The molecule has 0 spiro atoms. The zero-order valence-corrected chi connectivity index (χ0v) is 11.3. The standard InChI is InChI=1S/C13H21N5/c1-10(2)17-4-6-18(7-5-17)13(8-14)12-9-15-11(3)16-12/h9-10,13H,4-7H2,1-3H3,(H,15,16). The summed E-state index contributed by atoms with van der Waals surface area (Å²) in [6, 6.07) is 2.77. The summed E-state index contributed by atoms with van der Waals surface area (Å²) in [5.41, 5.74) is 0.910. The Labute approximate surface area is 108 Å². The fourth-order valence-corrected chi connectivity index (χ4v) is 2.44. The molecular formula is C13H21N5. The van der Waals surface area contributed by atoms with E-state index in [1.54, 1.807) is 6.20 Å². The van der Waals surface area contributed by atoms with E-state index in [0.717, 1.165) is 37.7 Å². The van der Waals surface area contributed by atoms with Crippen LogP contribution in [0.5, 0.6) is 0 Å². The molecule has 0 saturated carbocycles. The summed E-state index contributed by atoms with van der Waals surface area (Å²) in [6.45, 7) is 10.3. The van der Waals surface area contributed by atoms with Gasteiger partial charge in [-0.25, -0.2) is 4.98 Å². The Hall–Kier alpha value is -1.38. The van der Waals surface area contributed by atoms with Gasteiger partial charge in [0, 0.05) is 32.2 Å². The van der Waals surface area contributed by atoms with Crippen molar-refractivity contribution in [3.63, 3.8) is 0 Å². The third-order valence-corrected chi connectivity index (χ3v) is 3.58. The van der Waals surface area contributed by atoms with Crippen molar-refractivity contribution in [2.75, 3.05) is 26.2 Å². The third-order valence-electron chi connectivity index (χ3n) is 3.58. The van der Waals surface area contributed by atoms with Gasteiger partial charge in [0.2, 0.25) is 0 Å². The van der Waals surface area contributed by atoms with Crippen LogP contribution in [-0.4, -0.2) is 52.0 Å². The molecular weight excluding hydrogens is 226 g/mol. The molecule has 1 atom stereocenters. The van der Waals surface area contributed by atoms with Crippen molar-refractivity contribution < 1.29 is 0 Å². The van der Waals surface area contributed by atoms with Crippen LogP contribution in [0.1, 0.15) is 31.4 Å². The van der Waals surface area contributed by atoms with E-state index in [1.165, 1.54) is 0 Å². The van der Waals surface area contributed by atoms with Gasteiger partial charge in [-0.1, -0.05) is 0 Å². The van der Waals surface area contributed by atoms with E-state index in [0.29, 0.717) is 6.04 Å². The molecule has 1 saturated heterocycles. The molecule has 0 amide bonds. The van der Waals surface area contributed by atoms with Gasteiger partial charge in [0.15, 0.2) is 0 Å². The van der Waals surface area contributed by atoms with Crippen molar-refractivity contribution in [1.29, 1.82) is 5.26 Å². The summed E-state index contributed by atoms with van der Waals surface area (Å²) in [7, 11) is 0. The molecule has 98 valence electrons. The lowest BCUT2D eigenvalue weighted by Gasteiger charge is -2.38. The van der Waals surface area contributed by atoms with Gasteiger partial charge in [0.25, 0.3) is 0 Å². The van der Waals surface area contributed by atoms with Gasteiger partial charge in [-0.3, -0.25) is 9.80 Å². The monoisotopic (exact) mass is 247 g/mol. The molecule has 2 rings (SSSR count). The first kappa shape index (κ1) is 13.1. The topological polar surface area (TPSA) is 59.0 Å². The quantitative estimate of drug-likeness (QED) is 0.875. The van der Waals surface area contributed by atoms with E-state index in [2.05, 4.69) is 39.7 Å². The predicted octanol–water partition coefficient (Wildman–Crippen LogP) is 1.31. The van der Waals surface area contributed by atoms with Crippen molar-refractivity contribution in [2.24, 2.45) is 0 Å². The number of aromatic nitrogens is 2. The van der Waals surface area contributed by atoms with Gasteiger partial charge in [0.1, 0.15) is 11.9 Å². The van der Waals surface area contributed by atoms with Crippen LogP contribution < -0.4 is 0 Å². The maximum atomic E-state index is 9.36. The summed E-state index contributed by atoms with van der Waals surface area (Å²) in [4.78, 5) is 12.0. The second-order valence-electron chi connectivity index (χ2n) is 5.12. The van der Waals surface area contributed by atoms with Gasteiger partial charge in [0.05, 0.1) is 18.0 Å². The van der Waals surface area contributed by atoms with E-state index >= 15 is 0 Å². The Morgan fingerprint density at radius 2 is 1.89 bits per heavy atom. The number of nitrogens with one attached hydrogen (secondary N) is 1. The van der Waals surface area contributed by atoms with Crippen molar-refractivity contribution in [1.82, 2.24) is 19.8 Å². The number of aromatic amines is 1. The van der Waals surface area contributed by atoms with E-state index in [9.17, 15) is 5.26 Å². The van der Waals surface area contributed by atoms with Crippen molar-refractivity contribution in [3.05, 3.63) is 17.7 Å². The largest absolute Gasteiger partial charge is 0.344 e. The highest BCUT2D eigenvalue weighted by Crippen LogP contribution is 2.20. The van der Waals surface area contributed by atoms with Gasteiger partial charge in [-0.05, 0) is 20.8 Å². The molecule has 1 unspecified atom stereocenters. The van der Waals surface area contributed by atoms with Crippen molar-refractivity contribution in [2.45, 2.75) is 32.9 Å². The van der Waals surface area contributed by atoms with Crippen LogP contribution in [0.2, 0.25) is 0 Å². The molecule has 18 heavy (non-hydrogen) atoms. The maximum absolute atomic E-state index is 9.36. The van der Waals surface area contributed by atoms with Crippen LogP contribution in [0.25, 0.3) is 0 Å². The molecule has 0 radical (unpaired) electrons. The van der Waals surface area contributed by atoms with Crippen LogP contribution in [0.4, 0.5) is 0 Å². The van der Waals surface area contributed by atoms with Gasteiger partial charge in [-0.15, -0.1) is 0 Å². The van der Waals surface area contributed by atoms with E-state index < -0.39 is 0 Å². The second kappa shape index (κ2) is 5.51. The first-order chi connectivity index (χ1) is 8.61. The van der Waals surface area contributed by atoms with Crippen LogP contribution in [0, 0.1) is 18.3 Å². The summed E-state index contributed by atoms with van der Waals surface area (Å²) >= 11 is 0. The number of rotatable bonds is 3. The Kier molecular flexibility index (Phi) is 4.00. The number of hydrogen-bond acceptors (Lipinski definition) is 4. The highest BCUT2D eigenvalue weighted by Gasteiger charge is 2.26. The first-order valence-electron chi connectivity index (χ1n) is 6.51. The Balaban J connectivity index is 2.01. The zero-order chi connectivity index (χ0) is 13.1. The van der Waals surface area contributed by atoms with Crippen molar-refractivity contribution >= 4 is 0 Å². The zero-order valence-electron chi connectivity index (χ0n) is 11.3. The molecule has 0 bridgehead atoms. The lowest BCUT2D eigenvalue weighted by Crippen LogP contribution is -2.49. The summed E-state index contributed by atoms with van der Waals surface area (Å²) in [5.74, 6) is 0.867. The van der Waals surface area contributed by atoms with Crippen LogP contribution in [-0.2, 0) is 0 Å². The SMILES string of the molecule is Cc1ncc(C(C#N)N2CCN(C(C)C)CC2)[nH]1. The van der Waals surface area contributed by atoms with E-state index in [1.807, 2.05) is 6.92 Å². The molecule has 2 heterocycles. The third kappa shape index (κ3) is 2.71. The fraction of sp³-hybridized carbons (Fsp3) is 0.692. The molecule has 1 aromatic rings. The molecule has 1 N–H and O–H groups in total. The normalized spacial score (nSPS) is 19.9. The van der Waals surface area contributed by atoms with Crippen molar-refractivity contribution in [3.8, 4) is 6.07 Å². The minimum Gasteiger partial charge on any atom is -0.344 e. The van der Waals surface area contributed by atoms with Gasteiger partial charge >= 0.3 is 0 Å². The smallest absolute Gasteiger partial charge is 0.140 e. The van der Waals surface area contributed by atoms with Gasteiger partial charge in [-0.2, -0.15) is 5.26 Å². The Morgan fingerprint density at radius 1 is 1.28 bits per heavy atom. The van der Waals surface area contributed by atoms with Gasteiger partial charge < -0.3 is 4.98 Å². The Bertz CT molecular complexity index is 423. The van der Waals surface area contributed by atoms with E-state index in [4.69, 9.17) is 0 Å². The average molecular weight is 247 g/mol. The number of H-pyrrole nitrogens is 1. The maximum Gasteiger partial charge on any atom is 0.140 e. The van der Waals surface area contributed by atoms with Crippen LogP contribution in [0.15, 0.2) is 6.20 Å². The Morgan fingerprint density at radius 3 is 2.33 bits per heavy atom. The lowest BCUT2D eigenvalue weighted by molar-refractivity contribution is 0.0922.